The molecule has 0 aliphatic heterocycles. The molecule has 0 heterocycles. The van der Waals surface area contributed by atoms with Crippen LogP contribution >= 0.6 is 15.8 Å². The minimum Gasteiger partial charge on any atom is -0.0991 e. The van der Waals surface area contributed by atoms with E-state index in [-0.39, 0.29) is 15.8 Å². The summed E-state index contributed by atoms with van der Waals surface area (Å²) in [5.74, 6) is 0. The highest BCUT2D eigenvalue weighted by Crippen LogP contribution is 2.61. The number of hydrogen-bond acceptors (Lipinski definition) is 0. The third-order valence-electron chi connectivity index (χ3n) is 5.95. The van der Waals surface area contributed by atoms with E-state index < -0.39 is 0 Å². The van der Waals surface area contributed by atoms with Crippen LogP contribution in [0.4, 0.5) is 0 Å². The van der Waals surface area contributed by atoms with Gasteiger partial charge in [0, 0.05) is 0 Å². The topological polar surface area (TPSA) is 0 Å². The van der Waals surface area contributed by atoms with Gasteiger partial charge in [0.2, 0.25) is 0 Å². The average molecular weight is 426 g/mol. The molecular weight excluding hydrogens is 373 g/mol. The fraction of sp³-hybridized carbons (Fsp3) is 1.00. The Bertz CT molecular complexity index is 254. The minimum absolute atomic E-state index is 0.243. The van der Waals surface area contributed by atoms with Gasteiger partial charge >= 0.3 is 0 Å². The molecule has 0 spiro atoms. The van der Waals surface area contributed by atoms with E-state index in [2.05, 4.69) is 27.7 Å². The third kappa shape index (κ3) is 15.7. The lowest BCUT2D eigenvalue weighted by molar-refractivity contribution is 0.726. The van der Waals surface area contributed by atoms with Crippen LogP contribution in [0.15, 0.2) is 0 Å². The van der Waals surface area contributed by atoms with Crippen LogP contribution in [0.5, 0.6) is 0 Å². The Labute approximate surface area is 184 Å². The maximum Gasteiger partial charge on any atom is 0.0653 e. The van der Waals surface area contributed by atoms with Crippen LogP contribution in [0, 0.1) is 0 Å². The molecule has 0 aliphatic rings. The van der Waals surface area contributed by atoms with Crippen LogP contribution in [0.25, 0.3) is 0 Å². The monoisotopic (exact) mass is 426 g/mol. The molecule has 3 heteroatoms. The van der Waals surface area contributed by atoms with Crippen molar-refractivity contribution < 1.29 is 0 Å². The molecule has 0 unspecified atom stereocenters. The lowest BCUT2D eigenvalue weighted by Gasteiger charge is -2.36. The van der Waals surface area contributed by atoms with E-state index in [0.29, 0.717) is 0 Å². The lowest BCUT2D eigenvalue weighted by atomic mass is 10.00. The van der Waals surface area contributed by atoms with Gasteiger partial charge in [-0.2, -0.15) is 0 Å². The molecule has 0 nitrogen and oxygen atoms in total. The van der Waals surface area contributed by atoms with Crippen molar-refractivity contribution in [2.75, 3.05) is 24.6 Å². The van der Waals surface area contributed by atoms with Crippen molar-refractivity contribution in [3.63, 3.8) is 0 Å². The smallest absolute Gasteiger partial charge is 0.0653 e. The van der Waals surface area contributed by atoms with Crippen molar-refractivity contribution in [1.82, 2.24) is 0 Å². The Morgan fingerprint density at radius 2 is 0.857 bits per heavy atom. The summed E-state index contributed by atoms with van der Waals surface area (Å²) in [6, 6.07) is 0. The maximum atomic E-state index is 5.87. The van der Waals surface area contributed by atoms with Gasteiger partial charge in [0.15, 0.2) is 0 Å². The van der Waals surface area contributed by atoms with Crippen molar-refractivity contribution in [1.29, 1.82) is 0 Å². The van der Waals surface area contributed by atoms with Crippen LogP contribution in [0.2, 0.25) is 6.32 Å². The van der Waals surface area contributed by atoms with Crippen LogP contribution in [-0.2, 0) is 0 Å². The molecule has 0 saturated carbocycles. The first kappa shape index (κ1) is 28.9. The van der Waals surface area contributed by atoms with Crippen molar-refractivity contribution in [3.8, 4) is 0 Å². The molecule has 0 N–H and O–H groups in total. The zero-order valence-corrected chi connectivity index (χ0v) is 22.0. The van der Waals surface area contributed by atoms with E-state index in [1.54, 1.807) is 24.6 Å². The molecule has 0 aromatic heterocycles. The summed E-state index contributed by atoms with van der Waals surface area (Å²) in [7, 11) is 6.36. The molecular formula is C25H53BP2. The molecule has 28 heavy (non-hydrogen) atoms. The van der Waals surface area contributed by atoms with Crippen LogP contribution in [-0.4, -0.2) is 37.9 Å². The largest absolute Gasteiger partial charge is 0.0991 e. The zero-order chi connectivity index (χ0) is 20.9. The minimum atomic E-state index is 0.243. The predicted octanol–water partition coefficient (Wildman–Crippen LogP) is 9.79. The Morgan fingerprint density at radius 3 is 1.14 bits per heavy atom. The second-order valence-electron chi connectivity index (χ2n) is 8.67. The van der Waals surface area contributed by atoms with Crippen LogP contribution in [0.1, 0.15) is 124 Å². The van der Waals surface area contributed by atoms with Gasteiger partial charge in [0.1, 0.15) is 0 Å². The molecule has 0 atom stereocenters. The van der Waals surface area contributed by atoms with Crippen molar-refractivity contribution in [2.24, 2.45) is 0 Å². The maximum absolute atomic E-state index is 5.87. The van der Waals surface area contributed by atoms with Gasteiger partial charge in [-0.05, 0) is 62.2 Å². The van der Waals surface area contributed by atoms with E-state index in [4.69, 9.17) is 7.85 Å². The summed E-state index contributed by atoms with van der Waals surface area (Å²) in [5, 5.41) is 1.10. The summed E-state index contributed by atoms with van der Waals surface area (Å²) in [4.78, 5) is 0. The molecule has 0 saturated heterocycles. The van der Waals surface area contributed by atoms with Gasteiger partial charge in [-0.1, -0.05) is 114 Å². The Balaban J connectivity index is 5.16. The van der Waals surface area contributed by atoms with Gasteiger partial charge in [0.25, 0.3) is 0 Å². The van der Waals surface area contributed by atoms with E-state index in [0.717, 1.165) is 11.7 Å². The van der Waals surface area contributed by atoms with Gasteiger partial charge in [-0.25, -0.2) is 0 Å². The first-order valence-electron chi connectivity index (χ1n) is 12.9. The molecule has 0 aliphatic carbocycles. The third-order valence-corrected chi connectivity index (χ3v) is 13.7. The predicted molar refractivity (Wildman–Crippen MR) is 140 cm³/mol. The van der Waals surface area contributed by atoms with Crippen LogP contribution < -0.4 is 0 Å². The second-order valence-corrected chi connectivity index (χ2v) is 14.5. The van der Waals surface area contributed by atoms with Gasteiger partial charge in [-0.15, -0.1) is 0 Å². The molecule has 166 valence electrons. The fourth-order valence-electron chi connectivity index (χ4n) is 4.15. The van der Waals surface area contributed by atoms with Gasteiger partial charge in [-0.3, -0.25) is 0 Å². The van der Waals surface area contributed by atoms with E-state index in [9.17, 15) is 0 Å². The van der Waals surface area contributed by atoms with Gasteiger partial charge < -0.3 is 0 Å². The summed E-state index contributed by atoms with van der Waals surface area (Å²) < 4.78 is 0. The van der Waals surface area contributed by atoms with E-state index in [1.165, 1.54) is 96.3 Å². The molecule has 0 amide bonds. The SMILES string of the molecule is [B]CCCCC(P(CCCCC)CCCCC)P(CCCCC)CCCCC. The first-order valence-corrected chi connectivity index (χ1v) is 16.5. The molecule has 0 aromatic carbocycles. The summed E-state index contributed by atoms with van der Waals surface area (Å²) in [6.45, 7) is 9.45. The van der Waals surface area contributed by atoms with E-state index >= 15 is 0 Å². The number of rotatable bonds is 22. The first-order chi connectivity index (χ1) is 13.7. The van der Waals surface area contributed by atoms with E-state index in [1.807, 2.05) is 0 Å². The standard InChI is InChI=1S/C25H53BP2/c1-5-9-15-21-27(22-16-10-6-2)25(19-13-14-20-26)28(23-17-11-7-3)24-18-12-8-4/h25H,5-24H2,1-4H3. The molecule has 0 rings (SSSR count). The fourth-order valence-corrected chi connectivity index (χ4v) is 12.6. The normalized spacial score (nSPS) is 12.0. The quantitative estimate of drug-likeness (QED) is 0.0918. The zero-order valence-electron chi connectivity index (χ0n) is 20.2. The highest BCUT2D eigenvalue weighted by Gasteiger charge is 2.27. The summed E-state index contributed by atoms with van der Waals surface area (Å²) >= 11 is 0. The highest BCUT2D eigenvalue weighted by molar-refractivity contribution is 7.75. The molecule has 0 aromatic rings. The Morgan fingerprint density at radius 1 is 0.500 bits per heavy atom. The average Bonchev–Trinajstić information content (AvgIpc) is 2.70. The Hall–Kier alpha value is 0.925. The molecule has 0 fully saturated rings. The molecule has 0 bridgehead atoms. The Kier molecular flexibility index (Phi) is 23.4. The van der Waals surface area contributed by atoms with Gasteiger partial charge in [0.05, 0.1) is 7.85 Å². The summed E-state index contributed by atoms with van der Waals surface area (Å²) in [5.41, 5.74) is 0. The van der Waals surface area contributed by atoms with Crippen LogP contribution in [0.3, 0.4) is 0 Å². The summed E-state index contributed by atoms with van der Waals surface area (Å²) in [6.07, 6.45) is 28.6. The van der Waals surface area contributed by atoms with Crippen molar-refractivity contribution in [3.05, 3.63) is 0 Å². The second kappa shape index (κ2) is 22.6. The number of unbranched alkanes of at least 4 members (excludes halogenated alkanes) is 9. The highest BCUT2D eigenvalue weighted by atomic mass is 31.2. The molecule has 2 radical (unpaired) electrons. The number of hydrogen-bond donors (Lipinski definition) is 0. The lowest BCUT2D eigenvalue weighted by Crippen LogP contribution is -2.13. The van der Waals surface area contributed by atoms with Crippen molar-refractivity contribution >= 4 is 23.7 Å². The van der Waals surface area contributed by atoms with Crippen molar-refractivity contribution in [2.45, 2.75) is 136 Å².